The molecule has 1 aliphatic carbocycles. The minimum absolute atomic E-state index is 0. The summed E-state index contributed by atoms with van der Waals surface area (Å²) in [5.41, 5.74) is 0. The van der Waals surface area contributed by atoms with Crippen molar-refractivity contribution in [2.75, 3.05) is 31.3 Å². The van der Waals surface area contributed by atoms with Gasteiger partial charge in [0.05, 0.1) is 5.88 Å². The normalized spacial score (nSPS) is 28.4. The third kappa shape index (κ3) is 4.77. The largest absolute Gasteiger partial charge is 0.354 e. The van der Waals surface area contributed by atoms with Gasteiger partial charge in [-0.1, -0.05) is 12.8 Å². The van der Waals surface area contributed by atoms with E-state index in [0.29, 0.717) is 11.8 Å². The fourth-order valence-electron chi connectivity index (χ4n) is 3.75. The van der Waals surface area contributed by atoms with Gasteiger partial charge in [0.2, 0.25) is 11.8 Å². The standard InChI is InChI=1S/C16H27N3O2S.ClH/c20-15(18-9-12-4-3-7-17-8-12)14-10-22-11-19(14)16(21)13-5-1-2-6-13;/h12-14,17H,1-11H2,(H,18,20);1H. The summed E-state index contributed by atoms with van der Waals surface area (Å²) in [5, 5.41) is 6.46. The highest BCUT2D eigenvalue weighted by atomic mass is 35.5. The molecule has 0 aromatic heterocycles. The van der Waals surface area contributed by atoms with Gasteiger partial charge in [-0.3, -0.25) is 9.59 Å². The summed E-state index contributed by atoms with van der Waals surface area (Å²) in [4.78, 5) is 26.9. The average Bonchev–Trinajstić information content (AvgIpc) is 3.24. The van der Waals surface area contributed by atoms with Crippen LogP contribution in [0.2, 0.25) is 0 Å². The Hall–Kier alpha value is -0.460. The number of thioether (sulfide) groups is 1. The van der Waals surface area contributed by atoms with Crippen LogP contribution >= 0.6 is 24.2 Å². The summed E-state index contributed by atoms with van der Waals surface area (Å²) < 4.78 is 0. The third-order valence-electron chi connectivity index (χ3n) is 5.14. The maximum Gasteiger partial charge on any atom is 0.243 e. The molecule has 3 aliphatic rings. The van der Waals surface area contributed by atoms with Crippen molar-refractivity contribution in [3.05, 3.63) is 0 Å². The van der Waals surface area contributed by atoms with Crippen LogP contribution in [0.3, 0.4) is 0 Å². The Labute approximate surface area is 149 Å². The van der Waals surface area contributed by atoms with Crippen LogP contribution in [-0.2, 0) is 9.59 Å². The maximum absolute atomic E-state index is 12.6. The van der Waals surface area contributed by atoms with Gasteiger partial charge < -0.3 is 15.5 Å². The number of carbonyl (C=O) groups excluding carboxylic acids is 2. The van der Waals surface area contributed by atoms with Crippen LogP contribution in [0.4, 0.5) is 0 Å². The molecule has 5 nitrogen and oxygen atoms in total. The van der Waals surface area contributed by atoms with Gasteiger partial charge in [0.15, 0.2) is 0 Å². The van der Waals surface area contributed by atoms with Gasteiger partial charge >= 0.3 is 0 Å². The summed E-state index contributed by atoms with van der Waals surface area (Å²) in [7, 11) is 0. The molecule has 3 rings (SSSR count). The fourth-order valence-corrected chi connectivity index (χ4v) is 4.91. The zero-order valence-corrected chi connectivity index (χ0v) is 15.2. The molecule has 23 heavy (non-hydrogen) atoms. The van der Waals surface area contributed by atoms with Crippen molar-refractivity contribution in [1.29, 1.82) is 0 Å². The van der Waals surface area contributed by atoms with E-state index in [9.17, 15) is 9.59 Å². The van der Waals surface area contributed by atoms with Crippen molar-refractivity contribution in [2.45, 2.75) is 44.6 Å². The first-order valence-electron chi connectivity index (χ1n) is 8.62. The maximum atomic E-state index is 12.6. The highest BCUT2D eigenvalue weighted by Crippen LogP contribution is 2.30. The molecule has 2 amide bonds. The highest BCUT2D eigenvalue weighted by molar-refractivity contribution is 7.99. The molecular weight excluding hydrogens is 334 g/mol. The molecule has 0 radical (unpaired) electrons. The topological polar surface area (TPSA) is 61.4 Å². The molecule has 2 atom stereocenters. The van der Waals surface area contributed by atoms with Gasteiger partial charge in [0, 0.05) is 18.2 Å². The predicted octanol–water partition coefficient (Wildman–Crippen LogP) is 1.62. The number of hydrogen-bond donors (Lipinski definition) is 2. The van der Waals surface area contributed by atoms with Gasteiger partial charge in [-0.05, 0) is 44.7 Å². The Morgan fingerprint density at radius 1 is 1.17 bits per heavy atom. The van der Waals surface area contributed by atoms with Crippen molar-refractivity contribution >= 4 is 36.0 Å². The van der Waals surface area contributed by atoms with Crippen molar-refractivity contribution < 1.29 is 9.59 Å². The average molecular weight is 362 g/mol. The summed E-state index contributed by atoms with van der Waals surface area (Å²) >= 11 is 1.70. The van der Waals surface area contributed by atoms with Crippen molar-refractivity contribution in [2.24, 2.45) is 11.8 Å². The van der Waals surface area contributed by atoms with Gasteiger partial charge in [-0.2, -0.15) is 0 Å². The summed E-state index contributed by atoms with van der Waals surface area (Å²) in [6, 6.07) is -0.255. The van der Waals surface area contributed by atoms with E-state index in [-0.39, 0.29) is 36.2 Å². The molecule has 0 aromatic carbocycles. The van der Waals surface area contributed by atoms with E-state index in [2.05, 4.69) is 10.6 Å². The lowest BCUT2D eigenvalue weighted by molar-refractivity contribution is -0.141. The minimum atomic E-state index is -0.255. The van der Waals surface area contributed by atoms with E-state index in [1.807, 2.05) is 4.90 Å². The Balaban J connectivity index is 0.00000192. The number of carbonyl (C=O) groups is 2. The second-order valence-corrected chi connectivity index (χ2v) is 7.76. The van der Waals surface area contributed by atoms with E-state index in [1.165, 1.54) is 12.8 Å². The highest BCUT2D eigenvalue weighted by Gasteiger charge is 2.38. The first-order valence-corrected chi connectivity index (χ1v) is 9.78. The van der Waals surface area contributed by atoms with Gasteiger partial charge in [0.25, 0.3) is 0 Å². The van der Waals surface area contributed by atoms with Crippen LogP contribution < -0.4 is 10.6 Å². The smallest absolute Gasteiger partial charge is 0.243 e. The molecular formula is C16H28ClN3O2S. The van der Waals surface area contributed by atoms with Crippen LogP contribution in [0.25, 0.3) is 0 Å². The van der Waals surface area contributed by atoms with Crippen LogP contribution in [0.5, 0.6) is 0 Å². The molecule has 7 heteroatoms. The Morgan fingerprint density at radius 2 is 1.96 bits per heavy atom. The summed E-state index contributed by atoms with van der Waals surface area (Å²) in [6.07, 6.45) is 6.68. The zero-order chi connectivity index (χ0) is 15.4. The molecule has 132 valence electrons. The molecule has 2 unspecified atom stereocenters. The molecule has 3 fully saturated rings. The van der Waals surface area contributed by atoms with Crippen molar-refractivity contribution in [3.8, 4) is 0 Å². The SMILES string of the molecule is Cl.O=C(NCC1CCCNC1)C1CSCN1C(=O)C1CCCC1. The van der Waals surface area contributed by atoms with Gasteiger partial charge in [-0.25, -0.2) is 0 Å². The zero-order valence-electron chi connectivity index (χ0n) is 13.6. The van der Waals surface area contributed by atoms with Crippen LogP contribution in [0, 0.1) is 11.8 Å². The second kappa shape index (κ2) is 9.14. The van der Waals surface area contributed by atoms with E-state index in [0.717, 1.165) is 51.1 Å². The van der Waals surface area contributed by atoms with Crippen molar-refractivity contribution in [1.82, 2.24) is 15.5 Å². The molecule has 0 bridgehead atoms. The van der Waals surface area contributed by atoms with Crippen LogP contribution in [0.1, 0.15) is 38.5 Å². The number of halogens is 1. The van der Waals surface area contributed by atoms with E-state index in [4.69, 9.17) is 0 Å². The monoisotopic (exact) mass is 361 g/mol. The quantitative estimate of drug-likeness (QED) is 0.798. The number of nitrogens with one attached hydrogen (secondary N) is 2. The summed E-state index contributed by atoms with van der Waals surface area (Å²) in [6.45, 7) is 2.82. The first kappa shape index (κ1) is 18.9. The van der Waals surface area contributed by atoms with Crippen LogP contribution in [-0.4, -0.2) is 54.0 Å². The molecule has 2 aliphatic heterocycles. The predicted molar refractivity (Wildman–Crippen MR) is 95.8 cm³/mol. The Morgan fingerprint density at radius 3 is 2.65 bits per heavy atom. The molecule has 0 spiro atoms. The molecule has 2 saturated heterocycles. The number of piperidine rings is 1. The van der Waals surface area contributed by atoms with Gasteiger partial charge in [-0.15, -0.1) is 24.2 Å². The molecule has 0 aromatic rings. The number of nitrogens with zero attached hydrogens (tertiary/aromatic N) is 1. The van der Waals surface area contributed by atoms with Crippen LogP contribution in [0.15, 0.2) is 0 Å². The first-order chi connectivity index (χ1) is 10.8. The fraction of sp³-hybridized carbons (Fsp3) is 0.875. The van der Waals surface area contributed by atoms with E-state index >= 15 is 0 Å². The van der Waals surface area contributed by atoms with Gasteiger partial charge in [0.1, 0.15) is 6.04 Å². The number of amides is 2. The van der Waals surface area contributed by atoms with Crippen molar-refractivity contribution in [3.63, 3.8) is 0 Å². The lowest BCUT2D eigenvalue weighted by Gasteiger charge is -2.27. The minimum Gasteiger partial charge on any atom is -0.354 e. The van der Waals surface area contributed by atoms with E-state index < -0.39 is 0 Å². The molecule has 1 saturated carbocycles. The Kier molecular flexibility index (Phi) is 7.50. The molecule has 2 N–H and O–H groups in total. The summed E-state index contributed by atoms with van der Waals surface area (Å²) in [5.74, 6) is 2.37. The second-order valence-electron chi connectivity index (χ2n) is 6.76. The lowest BCUT2D eigenvalue weighted by Crippen LogP contribution is -2.50. The molecule has 2 heterocycles. The number of hydrogen-bond acceptors (Lipinski definition) is 4. The Bertz CT molecular complexity index is 412. The van der Waals surface area contributed by atoms with E-state index in [1.54, 1.807) is 11.8 Å². The number of rotatable bonds is 4. The third-order valence-corrected chi connectivity index (χ3v) is 6.15. The lowest BCUT2D eigenvalue weighted by atomic mass is 9.99.